The van der Waals surface area contributed by atoms with E-state index in [1.165, 1.54) is 0 Å². The van der Waals surface area contributed by atoms with Gasteiger partial charge in [0.25, 0.3) is 0 Å². The fourth-order valence-electron chi connectivity index (χ4n) is 0.653. The van der Waals surface area contributed by atoms with Crippen molar-refractivity contribution < 1.29 is 15.0 Å². The first-order valence-corrected chi connectivity index (χ1v) is 3.47. The van der Waals surface area contributed by atoms with Crippen molar-refractivity contribution in [2.75, 3.05) is 0 Å². The first kappa shape index (κ1) is 10.4. The van der Waals surface area contributed by atoms with Crippen LogP contribution in [-0.4, -0.2) is 27.8 Å². The van der Waals surface area contributed by atoms with E-state index >= 15 is 0 Å². The van der Waals surface area contributed by atoms with Crippen molar-refractivity contribution in [3.63, 3.8) is 0 Å². The highest BCUT2D eigenvalue weighted by molar-refractivity contribution is 5.73. The third-order valence-corrected chi connectivity index (χ3v) is 1.94. The van der Waals surface area contributed by atoms with E-state index in [0.29, 0.717) is 0 Å². The number of rotatable bonds is 3. The van der Waals surface area contributed by atoms with Gasteiger partial charge in [-0.1, -0.05) is 6.92 Å². The van der Waals surface area contributed by atoms with Crippen LogP contribution in [0.25, 0.3) is 0 Å². The van der Waals surface area contributed by atoms with Gasteiger partial charge in [0.1, 0.15) is 6.04 Å². The molecule has 66 valence electrons. The highest BCUT2D eigenvalue weighted by atomic mass is 16.4. The van der Waals surface area contributed by atoms with Crippen LogP contribution in [0, 0.1) is 5.92 Å². The molecule has 11 heavy (non-hydrogen) atoms. The molecule has 0 aliphatic heterocycles. The zero-order valence-electron chi connectivity index (χ0n) is 7.03. The number of carboxylic acids is 1. The second kappa shape index (κ2) is 3.19. The minimum Gasteiger partial charge on any atom is -0.480 e. The average molecular weight is 161 g/mol. The van der Waals surface area contributed by atoms with E-state index in [0.717, 1.165) is 0 Å². The smallest absolute Gasteiger partial charge is 0.320 e. The molecule has 0 amide bonds. The Balaban J connectivity index is 4.25. The van der Waals surface area contributed by atoms with Gasteiger partial charge in [0.15, 0.2) is 0 Å². The molecular weight excluding hydrogens is 146 g/mol. The molecule has 0 aliphatic rings. The van der Waals surface area contributed by atoms with Crippen LogP contribution in [0.1, 0.15) is 20.8 Å². The summed E-state index contributed by atoms with van der Waals surface area (Å²) in [5.74, 6) is -1.54. The number of hydrogen-bond acceptors (Lipinski definition) is 3. The highest BCUT2D eigenvalue weighted by Gasteiger charge is 2.31. The summed E-state index contributed by atoms with van der Waals surface area (Å²) in [7, 11) is 0. The first-order valence-electron chi connectivity index (χ1n) is 3.47. The van der Waals surface area contributed by atoms with Gasteiger partial charge in [0.2, 0.25) is 0 Å². The summed E-state index contributed by atoms with van der Waals surface area (Å²) in [6.45, 7) is 4.69. The van der Waals surface area contributed by atoms with Gasteiger partial charge in [0, 0.05) is 5.92 Å². The van der Waals surface area contributed by atoms with Gasteiger partial charge >= 0.3 is 5.97 Å². The number of aliphatic hydroxyl groups is 1. The number of carbonyl (C=O) groups is 1. The molecule has 0 saturated heterocycles. The lowest BCUT2D eigenvalue weighted by Gasteiger charge is -2.28. The molecule has 0 rings (SSSR count). The molecule has 0 saturated carbocycles. The molecule has 0 aromatic carbocycles. The third-order valence-electron chi connectivity index (χ3n) is 1.94. The molecule has 2 atom stereocenters. The maximum Gasteiger partial charge on any atom is 0.320 e. The average Bonchev–Trinajstić information content (AvgIpc) is 1.82. The fourth-order valence-corrected chi connectivity index (χ4v) is 0.653. The Hall–Kier alpha value is -0.610. The normalized spacial score (nSPS) is 17.5. The lowest BCUT2D eigenvalue weighted by Crippen LogP contribution is -2.46. The monoisotopic (exact) mass is 161 g/mol. The summed E-state index contributed by atoms with van der Waals surface area (Å²) < 4.78 is 0. The predicted molar refractivity (Wildman–Crippen MR) is 41.1 cm³/mol. The topological polar surface area (TPSA) is 83.6 Å². The number of nitrogens with two attached hydrogens (primary N) is 1. The Morgan fingerprint density at radius 3 is 2.00 bits per heavy atom. The van der Waals surface area contributed by atoms with Gasteiger partial charge < -0.3 is 15.9 Å². The third kappa shape index (κ3) is 2.86. The molecule has 0 aromatic heterocycles. The van der Waals surface area contributed by atoms with E-state index in [1.54, 1.807) is 20.8 Å². The maximum absolute atomic E-state index is 10.4. The Kier molecular flexibility index (Phi) is 3.02. The van der Waals surface area contributed by atoms with Crippen LogP contribution in [0.3, 0.4) is 0 Å². The van der Waals surface area contributed by atoms with Gasteiger partial charge in [-0.3, -0.25) is 4.79 Å². The van der Waals surface area contributed by atoms with Gasteiger partial charge in [-0.25, -0.2) is 0 Å². The molecule has 0 unspecified atom stereocenters. The van der Waals surface area contributed by atoms with Crippen LogP contribution < -0.4 is 5.73 Å². The maximum atomic E-state index is 10.4. The molecule has 0 spiro atoms. The molecular formula is C7H15NO3. The van der Waals surface area contributed by atoms with Gasteiger partial charge in [-0.05, 0) is 13.8 Å². The summed E-state index contributed by atoms with van der Waals surface area (Å²) in [6.07, 6.45) is 0. The molecule has 4 N–H and O–H groups in total. The molecule has 4 heteroatoms. The summed E-state index contributed by atoms with van der Waals surface area (Å²) in [4.78, 5) is 10.4. The second-order valence-electron chi connectivity index (χ2n) is 3.31. The quantitative estimate of drug-likeness (QED) is 0.535. The first-order chi connectivity index (χ1) is 4.76. The van der Waals surface area contributed by atoms with Crippen LogP contribution in [0.5, 0.6) is 0 Å². The minimum absolute atomic E-state index is 0.458. The van der Waals surface area contributed by atoms with Crippen LogP contribution in [-0.2, 0) is 4.79 Å². The fraction of sp³-hybridized carbons (Fsp3) is 0.857. The van der Waals surface area contributed by atoms with E-state index in [1.807, 2.05) is 0 Å². The van der Waals surface area contributed by atoms with Gasteiger partial charge in [-0.15, -0.1) is 0 Å². The van der Waals surface area contributed by atoms with Crippen molar-refractivity contribution in [1.82, 2.24) is 0 Å². The van der Waals surface area contributed by atoms with Crippen LogP contribution in [0.15, 0.2) is 0 Å². The summed E-state index contributed by atoms with van der Waals surface area (Å²) >= 11 is 0. The largest absolute Gasteiger partial charge is 0.480 e. The molecule has 0 aliphatic carbocycles. The van der Waals surface area contributed by atoms with Crippen molar-refractivity contribution >= 4 is 5.97 Å². The molecule has 0 heterocycles. The van der Waals surface area contributed by atoms with Crippen LogP contribution >= 0.6 is 0 Å². The standard InChI is InChI=1S/C7H15NO3/c1-4(7(2,3)11)5(8)6(9)10/h4-5,11H,8H2,1-3H3,(H,9,10)/t4-,5+/m0/s1. The molecule has 4 nitrogen and oxygen atoms in total. The molecule has 0 fully saturated rings. The Bertz CT molecular complexity index is 150. The van der Waals surface area contributed by atoms with Crippen molar-refractivity contribution in [3.05, 3.63) is 0 Å². The van der Waals surface area contributed by atoms with E-state index in [4.69, 9.17) is 10.8 Å². The SMILES string of the molecule is C[C@@H]([C@@H](N)C(=O)O)C(C)(C)O. The zero-order valence-corrected chi connectivity index (χ0v) is 7.03. The van der Waals surface area contributed by atoms with Gasteiger partial charge in [0.05, 0.1) is 5.60 Å². The van der Waals surface area contributed by atoms with Crippen molar-refractivity contribution in [2.24, 2.45) is 11.7 Å². The Morgan fingerprint density at radius 2 is 1.91 bits per heavy atom. The van der Waals surface area contributed by atoms with Crippen molar-refractivity contribution in [2.45, 2.75) is 32.4 Å². The summed E-state index contributed by atoms with van der Waals surface area (Å²) in [6, 6.07) is -1.00. The van der Waals surface area contributed by atoms with Gasteiger partial charge in [-0.2, -0.15) is 0 Å². The summed E-state index contributed by atoms with van der Waals surface area (Å²) in [5, 5.41) is 17.8. The van der Waals surface area contributed by atoms with E-state index in [-0.39, 0.29) is 0 Å². The Labute approximate surface area is 66.0 Å². The van der Waals surface area contributed by atoms with Crippen LogP contribution in [0.2, 0.25) is 0 Å². The number of aliphatic carboxylic acids is 1. The second-order valence-corrected chi connectivity index (χ2v) is 3.31. The number of hydrogen-bond donors (Lipinski definition) is 3. The predicted octanol–water partition coefficient (Wildman–Crippen LogP) is -0.195. The molecule has 0 aromatic rings. The highest BCUT2D eigenvalue weighted by Crippen LogP contribution is 2.18. The van der Waals surface area contributed by atoms with Crippen LogP contribution in [0.4, 0.5) is 0 Å². The Morgan fingerprint density at radius 1 is 1.55 bits per heavy atom. The van der Waals surface area contributed by atoms with Crippen molar-refractivity contribution in [1.29, 1.82) is 0 Å². The molecule has 0 bridgehead atoms. The minimum atomic E-state index is -1.08. The summed E-state index contributed by atoms with van der Waals surface area (Å²) in [5.41, 5.74) is 4.24. The van der Waals surface area contributed by atoms with E-state index in [2.05, 4.69) is 0 Å². The van der Waals surface area contributed by atoms with E-state index in [9.17, 15) is 9.90 Å². The van der Waals surface area contributed by atoms with E-state index < -0.39 is 23.5 Å². The lowest BCUT2D eigenvalue weighted by atomic mass is 9.87. The molecule has 0 radical (unpaired) electrons. The zero-order chi connectivity index (χ0) is 9.23. The number of carboxylic acid groups (broad SMARTS) is 1. The van der Waals surface area contributed by atoms with Crippen molar-refractivity contribution in [3.8, 4) is 0 Å². The lowest BCUT2D eigenvalue weighted by molar-refractivity contribution is -0.142.